The molecule has 92 valence electrons. The second-order valence-electron chi connectivity index (χ2n) is 4.37. The van der Waals surface area contributed by atoms with Gasteiger partial charge in [0, 0.05) is 12.6 Å². The van der Waals surface area contributed by atoms with Crippen molar-refractivity contribution in [1.29, 1.82) is 0 Å². The lowest BCUT2D eigenvalue weighted by Gasteiger charge is -2.08. The van der Waals surface area contributed by atoms with E-state index in [1.807, 2.05) is 6.92 Å². The standard InChI is InChI=1S/C11H12F2N2O2/c1-6-4-7(6)5-14-11-9(15(16)17)3-2-8(12)10(11)13/h2-3,6-7,14H,4-5H2,1H3. The summed E-state index contributed by atoms with van der Waals surface area (Å²) in [6.45, 7) is 2.48. The summed E-state index contributed by atoms with van der Waals surface area (Å²) in [4.78, 5) is 9.97. The van der Waals surface area contributed by atoms with E-state index in [1.165, 1.54) is 0 Å². The molecule has 1 aromatic rings. The average molecular weight is 242 g/mol. The van der Waals surface area contributed by atoms with E-state index in [9.17, 15) is 18.9 Å². The van der Waals surface area contributed by atoms with Gasteiger partial charge in [0.1, 0.15) is 0 Å². The van der Waals surface area contributed by atoms with Crippen molar-refractivity contribution in [3.05, 3.63) is 33.9 Å². The molecule has 2 rings (SSSR count). The lowest BCUT2D eigenvalue weighted by molar-refractivity contribution is -0.384. The molecule has 1 N–H and O–H groups in total. The Morgan fingerprint density at radius 1 is 1.53 bits per heavy atom. The Morgan fingerprint density at radius 3 is 2.71 bits per heavy atom. The number of hydrogen-bond acceptors (Lipinski definition) is 3. The fourth-order valence-electron chi connectivity index (χ4n) is 1.78. The molecule has 0 bridgehead atoms. The van der Waals surface area contributed by atoms with Gasteiger partial charge in [0.25, 0.3) is 5.69 Å². The van der Waals surface area contributed by atoms with Gasteiger partial charge < -0.3 is 5.32 Å². The van der Waals surface area contributed by atoms with E-state index in [2.05, 4.69) is 5.32 Å². The molecule has 1 saturated carbocycles. The number of hydrogen-bond donors (Lipinski definition) is 1. The van der Waals surface area contributed by atoms with Crippen LogP contribution in [0.5, 0.6) is 0 Å². The van der Waals surface area contributed by atoms with Gasteiger partial charge in [-0.15, -0.1) is 0 Å². The van der Waals surface area contributed by atoms with E-state index >= 15 is 0 Å². The van der Waals surface area contributed by atoms with Crippen molar-refractivity contribution in [2.75, 3.05) is 11.9 Å². The Bertz CT molecular complexity index is 465. The molecule has 4 nitrogen and oxygen atoms in total. The van der Waals surface area contributed by atoms with Crippen LogP contribution in [0, 0.1) is 33.6 Å². The molecule has 0 spiro atoms. The van der Waals surface area contributed by atoms with E-state index < -0.39 is 22.2 Å². The molecule has 1 aliphatic rings. The van der Waals surface area contributed by atoms with Crippen LogP contribution >= 0.6 is 0 Å². The summed E-state index contributed by atoms with van der Waals surface area (Å²) in [5, 5.41) is 13.3. The Labute approximate surface area is 96.8 Å². The Morgan fingerprint density at radius 2 is 2.18 bits per heavy atom. The lowest BCUT2D eigenvalue weighted by Crippen LogP contribution is -2.09. The molecule has 2 unspecified atom stereocenters. The van der Waals surface area contributed by atoms with E-state index in [4.69, 9.17) is 0 Å². The van der Waals surface area contributed by atoms with E-state index in [0.717, 1.165) is 18.6 Å². The smallest absolute Gasteiger partial charge is 0.295 e. The zero-order valence-corrected chi connectivity index (χ0v) is 9.24. The third kappa shape index (κ3) is 2.35. The minimum atomic E-state index is -1.19. The SMILES string of the molecule is CC1CC1CNc1c([N+](=O)[O-])ccc(F)c1F. The maximum absolute atomic E-state index is 13.4. The maximum Gasteiger partial charge on any atom is 0.295 e. The first-order chi connectivity index (χ1) is 8.00. The highest BCUT2D eigenvalue weighted by Gasteiger charge is 2.33. The quantitative estimate of drug-likeness (QED) is 0.652. The number of rotatable bonds is 4. The highest BCUT2D eigenvalue weighted by molar-refractivity contribution is 5.62. The van der Waals surface area contributed by atoms with Crippen LogP contribution in [0.4, 0.5) is 20.2 Å². The number of nitro groups is 1. The zero-order valence-electron chi connectivity index (χ0n) is 9.24. The largest absolute Gasteiger partial charge is 0.377 e. The van der Waals surface area contributed by atoms with E-state index in [0.29, 0.717) is 18.4 Å². The summed E-state index contributed by atoms with van der Waals surface area (Å²) in [7, 11) is 0. The molecule has 17 heavy (non-hydrogen) atoms. The average Bonchev–Trinajstić information content (AvgIpc) is 2.96. The van der Waals surface area contributed by atoms with Gasteiger partial charge in [0.15, 0.2) is 17.3 Å². The fourth-order valence-corrected chi connectivity index (χ4v) is 1.78. The molecule has 0 radical (unpaired) electrons. The van der Waals surface area contributed by atoms with Crippen molar-refractivity contribution >= 4 is 11.4 Å². The maximum atomic E-state index is 13.4. The molecule has 6 heteroatoms. The second kappa shape index (κ2) is 4.27. The predicted octanol–water partition coefficient (Wildman–Crippen LogP) is 2.94. The van der Waals surface area contributed by atoms with Crippen LogP contribution in [0.25, 0.3) is 0 Å². The molecule has 2 atom stereocenters. The Kier molecular flexibility index (Phi) is 2.95. The van der Waals surface area contributed by atoms with Crippen LogP contribution in [0.15, 0.2) is 12.1 Å². The van der Waals surface area contributed by atoms with Gasteiger partial charge in [-0.3, -0.25) is 10.1 Å². The third-order valence-corrected chi connectivity index (χ3v) is 3.09. The first-order valence-electron chi connectivity index (χ1n) is 5.37. The van der Waals surface area contributed by atoms with Gasteiger partial charge in [0.2, 0.25) is 0 Å². The molecule has 0 heterocycles. The summed E-state index contributed by atoms with van der Waals surface area (Å²) in [5.74, 6) is -1.34. The van der Waals surface area contributed by atoms with Gasteiger partial charge in [-0.2, -0.15) is 0 Å². The molecule has 1 fully saturated rings. The number of halogens is 2. The van der Waals surface area contributed by atoms with Crippen molar-refractivity contribution in [3.8, 4) is 0 Å². The topological polar surface area (TPSA) is 55.2 Å². The fraction of sp³-hybridized carbons (Fsp3) is 0.455. The van der Waals surface area contributed by atoms with E-state index in [-0.39, 0.29) is 5.69 Å². The lowest BCUT2D eigenvalue weighted by atomic mass is 10.2. The van der Waals surface area contributed by atoms with Crippen LogP contribution in [-0.2, 0) is 0 Å². The molecular formula is C11H12F2N2O2. The van der Waals surface area contributed by atoms with Gasteiger partial charge >= 0.3 is 0 Å². The summed E-state index contributed by atoms with van der Waals surface area (Å²) < 4.78 is 26.5. The third-order valence-electron chi connectivity index (χ3n) is 3.09. The highest BCUT2D eigenvalue weighted by Crippen LogP contribution is 2.38. The molecular weight excluding hydrogens is 230 g/mol. The van der Waals surface area contributed by atoms with Crippen molar-refractivity contribution in [2.45, 2.75) is 13.3 Å². The Hall–Kier alpha value is -1.72. The van der Waals surface area contributed by atoms with Crippen LogP contribution in [0.2, 0.25) is 0 Å². The van der Waals surface area contributed by atoms with Gasteiger partial charge in [-0.05, 0) is 24.3 Å². The van der Waals surface area contributed by atoms with Gasteiger partial charge in [-0.1, -0.05) is 6.92 Å². The minimum Gasteiger partial charge on any atom is -0.377 e. The molecule has 0 amide bonds. The number of benzene rings is 1. The predicted molar refractivity (Wildman–Crippen MR) is 58.8 cm³/mol. The van der Waals surface area contributed by atoms with Gasteiger partial charge in [0.05, 0.1) is 4.92 Å². The minimum absolute atomic E-state index is 0.353. The number of anilines is 1. The summed E-state index contributed by atoms with van der Waals surface area (Å²) in [6.07, 6.45) is 1.01. The second-order valence-corrected chi connectivity index (χ2v) is 4.37. The Balaban J connectivity index is 2.22. The number of nitro benzene ring substituents is 1. The number of nitrogens with one attached hydrogen (secondary N) is 1. The molecule has 1 aromatic carbocycles. The highest BCUT2D eigenvalue weighted by atomic mass is 19.2. The monoisotopic (exact) mass is 242 g/mol. The normalized spacial score (nSPS) is 22.3. The van der Waals surface area contributed by atoms with Crippen molar-refractivity contribution in [2.24, 2.45) is 11.8 Å². The van der Waals surface area contributed by atoms with Crippen molar-refractivity contribution in [3.63, 3.8) is 0 Å². The first-order valence-corrected chi connectivity index (χ1v) is 5.37. The van der Waals surface area contributed by atoms with E-state index in [1.54, 1.807) is 0 Å². The van der Waals surface area contributed by atoms with Crippen LogP contribution in [0.1, 0.15) is 13.3 Å². The zero-order chi connectivity index (χ0) is 12.6. The molecule has 0 saturated heterocycles. The van der Waals surface area contributed by atoms with Crippen molar-refractivity contribution < 1.29 is 13.7 Å². The van der Waals surface area contributed by atoms with Crippen LogP contribution in [0.3, 0.4) is 0 Å². The number of nitrogens with zero attached hydrogens (tertiary/aromatic N) is 1. The van der Waals surface area contributed by atoms with Crippen LogP contribution in [-0.4, -0.2) is 11.5 Å². The summed E-state index contributed by atoms with van der Waals surface area (Å²) >= 11 is 0. The summed E-state index contributed by atoms with van der Waals surface area (Å²) in [6, 6.07) is 1.73. The van der Waals surface area contributed by atoms with Gasteiger partial charge in [-0.25, -0.2) is 8.78 Å². The van der Waals surface area contributed by atoms with Crippen LogP contribution < -0.4 is 5.32 Å². The first kappa shape index (κ1) is 11.8. The molecule has 0 aliphatic heterocycles. The summed E-state index contributed by atoms with van der Waals surface area (Å²) in [5.41, 5.74) is -0.786. The molecule has 0 aromatic heterocycles. The van der Waals surface area contributed by atoms with Crippen molar-refractivity contribution in [1.82, 2.24) is 0 Å². The molecule has 1 aliphatic carbocycles.